The van der Waals surface area contributed by atoms with E-state index in [1.165, 1.54) is 37.3 Å². The van der Waals surface area contributed by atoms with Crippen molar-refractivity contribution in [3.05, 3.63) is 53.1 Å². The Morgan fingerprint density at radius 1 is 1.03 bits per heavy atom. The third-order valence-corrected chi connectivity index (χ3v) is 6.88. The van der Waals surface area contributed by atoms with Crippen molar-refractivity contribution in [2.75, 3.05) is 12.4 Å². The zero-order valence-electron chi connectivity index (χ0n) is 18.8. The summed E-state index contributed by atoms with van der Waals surface area (Å²) in [7, 11) is -3.59. The summed E-state index contributed by atoms with van der Waals surface area (Å²) in [5.41, 5.74) is 6.11. The maximum absolute atomic E-state index is 12.6. The normalized spacial score (nSPS) is 11.2. The molecule has 8 nitrogen and oxygen atoms in total. The van der Waals surface area contributed by atoms with Gasteiger partial charge >= 0.3 is 0 Å². The first kappa shape index (κ1) is 26.1. The number of carbonyl (C=O) groups excluding carboxylic acids is 3. The molecule has 0 radical (unpaired) electrons. The van der Waals surface area contributed by atoms with Gasteiger partial charge in [0, 0.05) is 24.0 Å². The zero-order chi connectivity index (χ0) is 24.6. The van der Waals surface area contributed by atoms with E-state index in [0.717, 1.165) is 6.42 Å². The van der Waals surface area contributed by atoms with Crippen molar-refractivity contribution in [2.24, 2.45) is 5.73 Å². The van der Waals surface area contributed by atoms with Crippen LogP contribution in [0, 0.1) is 0 Å². The standard InChI is InChI=1S/C24H29NO7S/c1-3-5-20-22(12-10-19(16(2)26)24(20)29)32-14-4-15-33(30,31)18-8-6-17(7-9-18)21(27)11-13-23(25)28/h6-10,12,29H,3-5,11,13-15H2,1-2H3,(H2,25,28). The Morgan fingerprint density at radius 3 is 2.27 bits per heavy atom. The second-order valence-corrected chi connectivity index (χ2v) is 9.79. The number of hydrogen-bond donors (Lipinski definition) is 2. The summed E-state index contributed by atoms with van der Waals surface area (Å²) in [6, 6.07) is 8.68. The van der Waals surface area contributed by atoms with E-state index in [0.29, 0.717) is 23.3 Å². The summed E-state index contributed by atoms with van der Waals surface area (Å²) < 4.78 is 30.9. The highest BCUT2D eigenvalue weighted by atomic mass is 32.2. The number of phenolic OH excluding ortho intramolecular Hbond substituents is 1. The summed E-state index contributed by atoms with van der Waals surface area (Å²) in [4.78, 5) is 34.5. The van der Waals surface area contributed by atoms with Crippen molar-refractivity contribution in [2.45, 2.75) is 50.8 Å². The van der Waals surface area contributed by atoms with Crippen LogP contribution in [0.5, 0.6) is 11.5 Å². The largest absolute Gasteiger partial charge is 0.507 e. The van der Waals surface area contributed by atoms with Crippen LogP contribution in [0.1, 0.15) is 65.8 Å². The number of primary amides is 1. The van der Waals surface area contributed by atoms with E-state index >= 15 is 0 Å². The Hall–Kier alpha value is -3.20. The molecule has 0 saturated heterocycles. The molecule has 33 heavy (non-hydrogen) atoms. The number of sulfone groups is 1. The van der Waals surface area contributed by atoms with E-state index in [9.17, 15) is 27.9 Å². The fraction of sp³-hybridized carbons (Fsp3) is 0.375. The molecule has 0 unspecified atom stereocenters. The molecule has 2 aromatic carbocycles. The van der Waals surface area contributed by atoms with Crippen LogP contribution in [-0.2, 0) is 21.1 Å². The molecule has 2 aromatic rings. The topological polar surface area (TPSA) is 141 Å². The van der Waals surface area contributed by atoms with Crippen LogP contribution in [-0.4, -0.2) is 43.4 Å². The zero-order valence-corrected chi connectivity index (χ0v) is 19.6. The van der Waals surface area contributed by atoms with Crippen LogP contribution in [0.2, 0.25) is 0 Å². The smallest absolute Gasteiger partial charge is 0.217 e. The Kier molecular flexibility index (Phi) is 9.16. The Labute approximate surface area is 193 Å². The number of nitrogens with two attached hydrogens (primary N) is 1. The number of hydrogen-bond acceptors (Lipinski definition) is 7. The van der Waals surface area contributed by atoms with Crippen molar-refractivity contribution >= 4 is 27.3 Å². The molecule has 0 aliphatic carbocycles. The van der Waals surface area contributed by atoms with Gasteiger partial charge in [0.1, 0.15) is 11.5 Å². The van der Waals surface area contributed by atoms with E-state index in [1.54, 1.807) is 6.07 Å². The van der Waals surface area contributed by atoms with Gasteiger partial charge in [0.2, 0.25) is 5.91 Å². The molecule has 9 heteroatoms. The summed E-state index contributed by atoms with van der Waals surface area (Å²) in [5, 5.41) is 10.4. The molecule has 0 atom stereocenters. The first-order chi connectivity index (χ1) is 15.6. The van der Waals surface area contributed by atoms with Crippen LogP contribution in [0.25, 0.3) is 0 Å². The van der Waals surface area contributed by atoms with Gasteiger partial charge in [-0.1, -0.05) is 25.5 Å². The van der Waals surface area contributed by atoms with Gasteiger partial charge in [-0.05, 0) is 44.0 Å². The lowest BCUT2D eigenvalue weighted by atomic mass is 10.0. The van der Waals surface area contributed by atoms with Crippen LogP contribution < -0.4 is 10.5 Å². The number of phenols is 1. The number of carbonyl (C=O) groups is 3. The van der Waals surface area contributed by atoms with Crippen molar-refractivity contribution in [3.63, 3.8) is 0 Å². The molecule has 0 aromatic heterocycles. The van der Waals surface area contributed by atoms with Crippen LogP contribution in [0.4, 0.5) is 0 Å². The number of benzene rings is 2. The molecule has 0 fully saturated rings. The van der Waals surface area contributed by atoms with Gasteiger partial charge in [-0.2, -0.15) is 0 Å². The second kappa shape index (κ2) is 11.6. The molecule has 0 saturated carbocycles. The van der Waals surface area contributed by atoms with E-state index < -0.39 is 15.7 Å². The highest BCUT2D eigenvalue weighted by Crippen LogP contribution is 2.33. The van der Waals surface area contributed by atoms with E-state index in [2.05, 4.69) is 0 Å². The molecule has 3 N–H and O–H groups in total. The predicted molar refractivity (Wildman–Crippen MR) is 123 cm³/mol. The van der Waals surface area contributed by atoms with E-state index in [-0.39, 0.29) is 59.4 Å². The highest BCUT2D eigenvalue weighted by Gasteiger charge is 2.18. The summed E-state index contributed by atoms with van der Waals surface area (Å²) in [6.45, 7) is 3.42. The first-order valence-electron chi connectivity index (χ1n) is 10.7. The van der Waals surface area contributed by atoms with Crippen molar-refractivity contribution < 1.29 is 32.6 Å². The molecule has 0 aliphatic heterocycles. The maximum atomic E-state index is 12.6. The Morgan fingerprint density at radius 2 is 1.70 bits per heavy atom. The average Bonchev–Trinajstić information content (AvgIpc) is 2.77. The van der Waals surface area contributed by atoms with E-state index in [1.807, 2.05) is 6.92 Å². The Bertz CT molecular complexity index is 1120. The number of ether oxygens (including phenoxy) is 1. The van der Waals surface area contributed by atoms with Crippen LogP contribution >= 0.6 is 0 Å². The Balaban J connectivity index is 1.99. The summed E-state index contributed by atoms with van der Waals surface area (Å²) >= 11 is 0. The minimum atomic E-state index is -3.59. The lowest BCUT2D eigenvalue weighted by Gasteiger charge is -2.14. The third kappa shape index (κ3) is 7.15. The third-order valence-electron chi connectivity index (χ3n) is 5.07. The van der Waals surface area contributed by atoms with Crippen molar-refractivity contribution in [3.8, 4) is 11.5 Å². The number of amides is 1. The molecule has 0 heterocycles. The molecule has 1 amide bonds. The number of Topliss-reactive ketones (excluding diaryl/α,β-unsaturated/α-hetero) is 2. The minimum absolute atomic E-state index is 0.0261. The molecular formula is C24H29NO7S. The van der Waals surface area contributed by atoms with Gasteiger partial charge in [0.25, 0.3) is 0 Å². The minimum Gasteiger partial charge on any atom is -0.507 e. The van der Waals surface area contributed by atoms with Gasteiger partial charge in [0.15, 0.2) is 21.4 Å². The molecule has 0 spiro atoms. The maximum Gasteiger partial charge on any atom is 0.217 e. The van der Waals surface area contributed by atoms with Gasteiger partial charge in [-0.3, -0.25) is 14.4 Å². The lowest BCUT2D eigenvalue weighted by molar-refractivity contribution is -0.118. The first-order valence-corrected chi connectivity index (χ1v) is 12.3. The highest BCUT2D eigenvalue weighted by molar-refractivity contribution is 7.91. The quantitative estimate of drug-likeness (QED) is 0.335. The molecule has 0 bridgehead atoms. The van der Waals surface area contributed by atoms with Crippen LogP contribution in [0.3, 0.4) is 0 Å². The SMILES string of the molecule is CCCc1c(OCCCS(=O)(=O)c2ccc(C(=O)CCC(N)=O)cc2)ccc(C(C)=O)c1O. The number of aromatic hydroxyl groups is 1. The average molecular weight is 476 g/mol. The predicted octanol–water partition coefficient (Wildman–Crippen LogP) is 3.24. The molecule has 2 rings (SSSR count). The molecule has 178 valence electrons. The summed E-state index contributed by atoms with van der Waals surface area (Å²) in [6.07, 6.45) is 1.38. The van der Waals surface area contributed by atoms with E-state index in [4.69, 9.17) is 10.5 Å². The van der Waals surface area contributed by atoms with Gasteiger partial charge in [-0.25, -0.2) is 8.42 Å². The number of ketones is 2. The molecular weight excluding hydrogens is 446 g/mol. The second-order valence-electron chi connectivity index (χ2n) is 7.68. The van der Waals surface area contributed by atoms with Gasteiger partial charge in [0.05, 0.1) is 22.8 Å². The fourth-order valence-corrected chi connectivity index (χ4v) is 4.59. The lowest BCUT2D eigenvalue weighted by Crippen LogP contribution is -2.13. The van der Waals surface area contributed by atoms with Crippen LogP contribution in [0.15, 0.2) is 41.3 Å². The fourth-order valence-electron chi connectivity index (χ4n) is 3.31. The monoisotopic (exact) mass is 475 g/mol. The number of rotatable bonds is 13. The van der Waals surface area contributed by atoms with Gasteiger partial charge in [-0.15, -0.1) is 0 Å². The summed E-state index contributed by atoms with van der Waals surface area (Å²) in [5.74, 6) is -0.939. The molecule has 0 aliphatic rings. The van der Waals surface area contributed by atoms with Gasteiger partial charge < -0.3 is 15.6 Å². The van der Waals surface area contributed by atoms with Crippen molar-refractivity contribution in [1.29, 1.82) is 0 Å². The van der Waals surface area contributed by atoms with Crippen molar-refractivity contribution in [1.82, 2.24) is 0 Å².